The molecule has 1 N–H and O–H groups in total. The fraction of sp³-hybridized carbons (Fsp3) is 0.105. The number of halogens is 1. The van der Waals surface area contributed by atoms with Crippen LogP contribution >= 0.6 is 11.3 Å². The number of hydrogen-bond acceptors (Lipinski definition) is 5. The minimum absolute atomic E-state index is 0.181. The number of rotatable bonds is 7. The van der Waals surface area contributed by atoms with Crippen molar-refractivity contribution in [2.24, 2.45) is 0 Å². The number of thiophene rings is 1. The molecule has 0 aliphatic heterocycles. The zero-order chi connectivity index (χ0) is 18.2. The Morgan fingerprint density at radius 1 is 1.15 bits per heavy atom. The molecule has 0 saturated carbocycles. The lowest BCUT2D eigenvalue weighted by Crippen LogP contribution is -2.26. The Kier molecular flexibility index (Phi) is 6.05. The van der Waals surface area contributed by atoms with Crippen molar-refractivity contribution in [1.29, 1.82) is 0 Å². The molecule has 1 aromatic carbocycles. The number of benzene rings is 1. The fourth-order valence-corrected chi connectivity index (χ4v) is 2.72. The van der Waals surface area contributed by atoms with E-state index >= 15 is 0 Å². The molecule has 132 valence electrons. The number of aromatic nitrogens is 2. The van der Waals surface area contributed by atoms with Crippen LogP contribution in [-0.4, -0.2) is 29.3 Å². The topological polar surface area (TPSA) is 64.1 Å². The molecule has 0 atom stereocenters. The average Bonchev–Trinajstić information content (AvgIpc) is 3.18. The van der Waals surface area contributed by atoms with Gasteiger partial charge in [-0.15, -0.1) is 21.5 Å². The zero-order valence-electron chi connectivity index (χ0n) is 13.8. The normalized spacial score (nSPS) is 10.8. The second-order valence-corrected chi connectivity index (χ2v) is 6.23. The number of hydrogen-bond donors (Lipinski definition) is 1. The summed E-state index contributed by atoms with van der Waals surface area (Å²) in [4.78, 5) is 12.7. The van der Waals surface area contributed by atoms with Gasteiger partial charge in [0.05, 0.1) is 12.2 Å². The maximum Gasteiger partial charge on any atom is 0.244 e. The van der Waals surface area contributed by atoms with Crippen molar-refractivity contribution in [3.05, 3.63) is 70.7 Å². The maximum atomic E-state index is 12.9. The molecule has 7 heteroatoms. The second-order valence-electron chi connectivity index (χ2n) is 5.25. The van der Waals surface area contributed by atoms with E-state index in [0.29, 0.717) is 18.1 Å². The molecule has 5 nitrogen and oxygen atoms in total. The Morgan fingerprint density at radius 3 is 2.69 bits per heavy atom. The minimum Gasteiger partial charge on any atom is -0.475 e. The first-order valence-corrected chi connectivity index (χ1v) is 8.80. The lowest BCUT2D eigenvalue weighted by atomic mass is 10.1. The van der Waals surface area contributed by atoms with Gasteiger partial charge in [-0.2, -0.15) is 0 Å². The summed E-state index contributed by atoms with van der Waals surface area (Å²) in [5.41, 5.74) is 1.40. The molecule has 3 aromatic rings. The van der Waals surface area contributed by atoms with E-state index in [1.165, 1.54) is 18.2 Å². The molecule has 0 aliphatic carbocycles. The van der Waals surface area contributed by atoms with E-state index in [2.05, 4.69) is 15.5 Å². The standard InChI is InChI=1S/C19H16FN3O2S/c20-15-5-3-14(4-6-15)17-8-10-19(23-22-17)25-12-11-21-18(24)9-7-16-2-1-13-26-16/h1-10,13H,11-12H2,(H,21,24). The quantitative estimate of drug-likeness (QED) is 0.511. The molecule has 3 rings (SSSR count). The highest BCUT2D eigenvalue weighted by Crippen LogP contribution is 2.18. The van der Waals surface area contributed by atoms with Crippen LogP contribution in [0.4, 0.5) is 4.39 Å². The molecule has 2 heterocycles. The monoisotopic (exact) mass is 369 g/mol. The maximum absolute atomic E-state index is 12.9. The van der Waals surface area contributed by atoms with Crippen LogP contribution in [-0.2, 0) is 4.79 Å². The summed E-state index contributed by atoms with van der Waals surface area (Å²) in [5, 5.41) is 12.7. The number of amides is 1. The summed E-state index contributed by atoms with van der Waals surface area (Å²) < 4.78 is 18.4. The van der Waals surface area contributed by atoms with E-state index < -0.39 is 0 Å². The first-order valence-electron chi connectivity index (χ1n) is 7.92. The van der Waals surface area contributed by atoms with Crippen LogP contribution in [0, 0.1) is 5.82 Å². The van der Waals surface area contributed by atoms with Crippen molar-refractivity contribution in [1.82, 2.24) is 15.5 Å². The fourth-order valence-electron chi connectivity index (χ4n) is 2.10. The Morgan fingerprint density at radius 2 is 2.00 bits per heavy atom. The van der Waals surface area contributed by atoms with E-state index in [9.17, 15) is 9.18 Å². The smallest absolute Gasteiger partial charge is 0.244 e. The molecule has 0 saturated heterocycles. The van der Waals surface area contributed by atoms with E-state index in [4.69, 9.17) is 4.74 Å². The Labute approximate surface area is 154 Å². The highest BCUT2D eigenvalue weighted by Gasteiger charge is 2.03. The van der Waals surface area contributed by atoms with Gasteiger partial charge in [-0.1, -0.05) is 6.07 Å². The van der Waals surface area contributed by atoms with Crippen LogP contribution in [0.25, 0.3) is 17.3 Å². The van der Waals surface area contributed by atoms with Gasteiger partial charge >= 0.3 is 0 Å². The Balaban J connectivity index is 1.42. The lowest BCUT2D eigenvalue weighted by Gasteiger charge is -2.06. The third-order valence-corrected chi connectivity index (χ3v) is 4.21. The van der Waals surface area contributed by atoms with Crippen LogP contribution in [0.3, 0.4) is 0 Å². The number of nitrogens with zero attached hydrogens (tertiary/aromatic N) is 2. The van der Waals surface area contributed by atoms with Crippen molar-refractivity contribution in [2.45, 2.75) is 0 Å². The van der Waals surface area contributed by atoms with Crippen molar-refractivity contribution < 1.29 is 13.9 Å². The summed E-state index contributed by atoms with van der Waals surface area (Å²) in [6.07, 6.45) is 3.25. The molecular weight excluding hydrogens is 353 g/mol. The van der Waals surface area contributed by atoms with E-state index in [1.54, 1.807) is 41.7 Å². The SMILES string of the molecule is O=C(C=Cc1cccs1)NCCOc1ccc(-c2ccc(F)cc2)nn1. The summed E-state index contributed by atoms with van der Waals surface area (Å²) in [6, 6.07) is 13.3. The summed E-state index contributed by atoms with van der Waals surface area (Å²) in [7, 11) is 0. The van der Waals surface area contributed by atoms with Crippen LogP contribution in [0.5, 0.6) is 5.88 Å². The minimum atomic E-state index is -0.297. The highest BCUT2D eigenvalue weighted by molar-refractivity contribution is 7.10. The van der Waals surface area contributed by atoms with Crippen molar-refractivity contribution in [3.8, 4) is 17.1 Å². The first kappa shape index (κ1) is 17.8. The summed E-state index contributed by atoms with van der Waals surface area (Å²) in [5.74, 6) is -0.118. The third-order valence-electron chi connectivity index (χ3n) is 3.37. The lowest BCUT2D eigenvalue weighted by molar-refractivity contribution is -0.116. The largest absolute Gasteiger partial charge is 0.475 e. The van der Waals surface area contributed by atoms with E-state index in [-0.39, 0.29) is 18.3 Å². The van der Waals surface area contributed by atoms with E-state index in [0.717, 1.165) is 10.4 Å². The molecule has 0 unspecified atom stereocenters. The zero-order valence-corrected chi connectivity index (χ0v) is 14.6. The Hall–Kier alpha value is -3.06. The van der Waals surface area contributed by atoms with Gasteiger partial charge in [0, 0.05) is 22.6 Å². The van der Waals surface area contributed by atoms with Gasteiger partial charge in [0.25, 0.3) is 0 Å². The van der Waals surface area contributed by atoms with Gasteiger partial charge in [0.1, 0.15) is 12.4 Å². The number of ether oxygens (including phenoxy) is 1. The van der Waals surface area contributed by atoms with Crippen LogP contribution in [0.2, 0.25) is 0 Å². The summed E-state index contributed by atoms with van der Waals surface area (Å²) >= 11 is 1.57. The van der Waals surface area contributed by atoms with Gasteiger partial charge in [0.2, 0.25) is 11.8 Å². The van der Waals surface area contributed by atoms with E-state index in [1.807, 2.05) is 17.5 Å². The molecule has 0 bridgehead atoms. The molecule has 1 amide bonds. The van der Waals surface area contributed by atoms with Crippen molar-refractivity contribution >= 4 is 23.3 Å². The van der Waals surface area contributed by atoms with Gasteiger partial charge in [-0.25, -0.2) is 4.39 Å². The predicted octanol–water partition coefficient (Wildman–Crippen LogP) is 3.55. The van der Waals surface area contributed by atoms with Crippen molar-refractivity contribution in [3.63, 3.8) is 0 Å². The van der Waals surface area contributed by atoms with Gasteiger partial charge in [-0.05, 0) is 47.9 Å². The number of carbonyl (C=O) groups is 1. The second kappa shape index (κ2) is 8.87. The molecular formula is C19H16FN3O2S. The third kappa shape index (κ3) is 5.22. The van der Waals surface area contributed by atoms with Gasteiger partial charge < -0.3 is 10.1 Å². The molecule has 26 heavy (non-hydrogen) atoms. The highest BCUT2D eigenvalue weighted by atomic mass is 32.1. The Bertz CT molecular complexity index is 863. The molecule has 2 aromatic heterocycles. The predicted molar refractivity (Wildman–Crippen MR) is 99.3 cm³/mol. The number of carbonyl (C=O) groups excluding carboxylic acids is 1. The summed E-state index contributed by atoms with van der Waals surface area (Å²) in [6.45, 7) is 0.637. The average molecular weight is 369 g/mol. The first-order chi connectivity index (χ1) is 12.7. The molecule has 0 radical (unpaired) electrons. The van der Waals surface area contributed by atoms with Gasteiger partial charge in [0.15, 0.2) is 0 Å². The molecule has 0 fully saturated rings. The molecule has 0 spiro atoms. The number of nitrogens with one attached hydrogen (secondary N) is 1. The van der Waals surface area contributed by atoms with Crippen LogP contribution in [0.1, 0.15) is 4.88 Å². The van der Waals surface area contributed by atoms with Gasteiger partial charge in [-0.3, -0.25) is 4.79 Å². The van der Waals surface area contributed by atoms with Crippen LogP contribution < -0.4 is 10.1 Å². The molecule has 0 aliphatic rings. The van der Waals surface area contributed by atoms with Crippen LogP contribution in [0.15, 0.2) is 60.0 Å². The van der Waals surface area contributed by atoms with Crippen molar-refractivity contribution in [2.75, 3.05) is 13.2 Å².